The summed E-state index contributed by atoms with van der Waals surface area (Å²) in [5.41, 5.74) is 8.37. The van der Waals surface area contributed by atoms with E-state index >= 15 is 0 Å². The SMILES string of the molecule is CC(=O)NCc1ccc(-c2ccc(C(=O)n3ccc4cc(C)c(N5C[C@@H](C)N[C@@H](C)C5)cc43)cc2)c(C)c1. The number of nitrogens with one attached hydrogen (secondary N) is 2. The third-order valence-corrected chi connectivity index (χ3v) is 7.40. The maximum absolute atomic E-state index is 13.6. The molecule has 38 heavy (non-hydrogen) atoms. The van der Waals surface area contributed by atoms with Crippen LogP contribution < -0.4 is 15.5 Å². The van der Waals surface area contributed by atoms with Crippen LogP contribution in [-0.2, 0) is 11.3 Å². The molecule has 0 bridgehead atoms. The summed E-state index contributed by atoms with van der Waals surface area (Å²) in [6.07, 6.45) is 1.88. The van der Waals surface area contributed by atoms with Crippen molar-refractivity contribution < 1.29 is 9.59 Å². The van der Waals surface area contributed by atoms with Gasteiger partial charge in [-0.25, -0.2) is 0 Å². The number of carbonyl (C=O) groups is 2. The molecule has 5 rings (SSSR count). The monoisotopic (exact) mass is 508 g/mol. The highest BCUT2D eigenvalue weighted by atomic mass is 16.2. The molecule has 2 atom stereocenters. The van der Waals surface area contributed by atoms with Crippen LogP contribution in [0.2, 0.25) is 0 Å². The van der Waals surface area contributed by atoms with E-state index in [0.717, 1.165) is 46.2 Å². The lowest BCUT2D eigenvalue weighted by molar-refractivity contribution is -0.119. The Labute approximate surface area is 224 Å². The van der Waals surface area contributed by atoms with Crippen molar-refractivity contribution in [2.45, 2.75) is 53.2 Å². The number of nitrogens with zero attached hydrogens (tertiary/aromatic N) is 2. The molecule has 4 aromatic rings. The predicted octanol–water partition coefficient (Wildman–Crippen LogP) is 5.44. The summed E-state index contributed by atoms with van der Waals surface area (Å²) in [6, 6.07) is 21.2. The van der Waals surface area contributed by atoms with Crippen molar-refractivity contribution >= 4 is 28.4 Å². The van der Waals surface area contributed by atoms with Crippen LogP contribution in [0, 0.1) is 13.8 Å². The molecule has 1 saturated heterocycles. The first kappa shape index (κ1) is 25.7. The Morgan fingerprint density at radius 3 is 2.29 bits per heavy atom. The minimum absolute atomic E-state index is 0.0363. The van der Waals surface area contributed by atoms with Gasteiger partial charge in [0, 0.05) is 61.5 Å². The van der Waals surface area contributed by atoms with Gasteiger partial charge in [0.1, 0.15) is 0 Å². The normalized spacial score (nSPS) is 17.6. The summed E-state index contributed by atoms with van der Waals surface area (Å²) in [5, 5.41) is 7.51. The van der Waals surface area contributed by atoms with E-state index in [2.05, 4.69) is 67.5 Å². The first-order valence-electron chi connectivity index (χ1n) is 13.3. The molecule has 2 N–H and O–H groups in total. The highest BCUT2D eigenvalue weighted by molar-refractivity contribution is 6.03. The average Bonchev–Trinajstić information content (AvgIpc) is 3.28. The fourth-order valence-electron chi connectivity index (χ4n) is 5.64. The van der Waals surface area contributed by atoms with E-state index < -0.39 is 0 Å². The van der Waals surface area contributed by atoms with E-state index in [1.54, 1.807) is 4.57 Å². The number of fused-ring (bicyclic) bond motifs is 1. The number of rotatable bonds is 5. The van der Waals surface area contributed by atoms with Crippen LogP contribution in [0.1, 0.15) is 47.8 Å². The highest BCUT2D eigenvalue weighted by Gasteiger charge is 2.23. The van der Waals surface area contributed by atoms with E-state index in [4.69, 9.17) is 0 Å². The number of hydrogen-bond acceptors (Lipinski definition) is 4. The minimum Gasteiger partial charge on any atom is -0.368 e. The van der Waals surface area contributed by atoms with Gasteiger partial charge in [-0.3, -0.25) is 14.2 Å². The third-order valence-electron chi connectivity index (χ3n) is 7.40. The molecule has 3 aromatic carbocycles. The van der Waals surface area contributed by atoms with Crippen LogP contribution in [0.15, 0.2) is 66.9 Å². The molecule has 1 amide bonds. The number of aryl methyl sites for hydroxylation is 2. The average molecular weight is 509 g/mol. The van der Waals surface area contributed by atoms with Gasteiger partial charge in [-0.15, -0.1) is 0 Å². The molecule has 0 spiro atoms. The van der Waals surface area contributed by atoms with Crippen molar-refractivity contribution in [2.75, 3.05) is 18.0 Å². The number of aromatic nitrogens is 1. The quantitative estimate of drug-likeness (QED) is 0.377. The van der Waals surface area contributed by atoms with Gasteiger partial charge in [0.25, 0.3) is 5.91 Å². The van der Waals surface area contributed by atoms with Gasteiger partial charge in [0.05, 0.1) is 5.52 Å². The molecule has 0 radical (unpaired) electrons. The van der Waals surface area contributed by atoms with Gasteiger partial charge in [-0.1, -0.05) is 30.3 Å². The molecule has 1 fully saturated rings. The Morgan fingerprint density at radius 2 is 1.63 bits per heavy atom. The summed E-state index contributed by atoms with van der Waals surface area (Å²) < 4.78 is 1.77. The number of piperazine rings is 1. The largest absolute Gasteiger partial charge is 0.368 e. The zero-order valence-electron chi connectivity index (χ0n) is 22.8. The molecular formula is C32H36N4O2. The van der Waals surface area contributed by atoms with Gasteiger partial charge >= 0.3 is 0 Å². The lowest BCUT2D eigenvalue weighted by Crippen LogP contribution is -2.54. The van der Waals surface area contributed by atoms with Gasteiger partial charge in [-0.05, 0) is 85.8 Å². The van der Waals surface area contributed by atoms with Crippen LogP contribution in [0.25, 0.3) is 22.0 Å². The van der Waals surface area contributed by atoms with Crippen molar-refractivity contribution in [1.29, 1.82) is 0 Å². The summed E-state index contributed by atoms with van der Waals surface area (Å²) >= 11 is 0. The van der Waals surface area contributed by atoms with Gasteiger partial charge in [0.15, 0.2) is 0 Å². The smallest absolute Gasteiger partial charge is 0.262 e. The maximum Gasteiger partial charge on any atom is 0.262 e. The van der Waals surface area contributed by atoms with Crippen LogP contribution in [-0.4, -0.2) is 41.6 Å². The molecule has 0 unspecified atom stereocenters. The number of anilines is 1. The second-order valence-electron chi connectivity index (χ2n) is 10.7. The van der Waals surface area contributed by atoms with Crippen LogP contribution in [0.5, 0.6) is 0 Å². The summed E-state index contributed by atoms with van der Waals surface area (Å²) in [7, 11) is 0. The topological polar surface area (TPSA) is 66.4 Å². The molecule has 0 saturated carbocycles. The lowest BCUT2D eigenvalue weighted by Gasteiger charge is -2.38. The van der Waals surface area contributed by atoms with Crippen molar-refractivity contribution in [3.63, 3.8) is 0 Å². The fraction of sp³-hybridized carbons (Fsp3) is 0.312. The first-order chi connectivity index (χ1) is 18.2. The van der Waals surface area contributed by atoms with E-state index in [0.29, 0.717) is 24.2 Å². The molecule has 196 valence electrons. The van der Waals surface area contributed by atoms with E-state index in [9.17, 15) is 9.59 Å². The van der Waals surface area contributed by atoms with E-state index in [1.807, 2.05) is 42.6 Å². The van der Waals surface area contributed by atoms with Gasteiger partial charge < -0.3 is 15.5 Å². The van der Waals surface area contributed by atoms with Gasteiger partial charge in [0.2, 0.25) is 5.91 Å². The Balaban J connectivity index is 1.40. The van der Waals surface area contributed by atoms with E-state index in [1.165, 1.54) is 18.2 Å². The number of benzene rings is 3. The van der Waals surface area contributed by atoms with Crippen molar-refractivity contribution in [3.8, 4) is 11.1 Å². The van der Waals surface area contributed by atoms with Crippen molar-refractivity contribution in [1.82, 2.24) is 15.2 Å². The molecular weight excluding hydrogens is 472 g/mol. The molecule has 1 aliphatic heterocycles. The zero-order valence-corrected chi connectivity index (χ0v) is 22.8. The number of carbonyl (C=O) groups excluding carboxylic acids is 2. The Hall–Kier alpha value is -3.90. The molecule has 1 aromatic heterocycles. The molecule has 6 heteroatoms. The fourth-order valence-corrected chi connectivity index (χ4v) is 5.64. The Kier molecular flexibility index (Phi) is 7.09. The lowest BCUT2D eigenvalue weighted by atomic mass is 9.97. The second-order valence-corrected chi connectivity index (χ2v) is 10.7. The Morgan fingerprint density at radius 1 is 0.921 bits per heavy atom. The standard InChI is InChI=1S/C32H36N4O2/c1-20-14-25(17-33-24(5)37)6-11-29(20)26-7-9-27(10-8-26)32(38)36-13-12-28-15-21(2)30(16-31(28)36)35-18-22(3)34-23(4)19-35/h6-16,22-23,34H,17-19H2,1-5H3,(H,33,37)/t22-,23+. The van der Waals surface area contributed by atoms with Crippen LogP contribution in [0.3, 0.4) is 0 Å². The highest BCUT2D eigenvalue weighted by Crippen LogP contribution is 2.30. The first-order valence-corrected chi connectivity index (χ1v) is 13.3. The third kappa shape index (κ3) is 5.22. The maximum atomic E-state index is 13.6. The summed E-state index contributed by atoms with van der Waals surface area (Å²) in [6.45, 7) is 12.6. The van der Waals surface area contributed by atoms with Crippen LogP contribution in [0.4, 0.5) is 5.69 Å². The van der Waals surface area contributed by atoms with Crippen LogP contribution >= 0.6 is 0 Å². The predicted molar refractivity (Wildman–Crippen MR) is 155 cm³/mol. The van der Waals surface area contributed by atoms with Crippen molar-refractivity contribution in [3.05, 3.63) is 89.1 Å². The summed E-state index contributed by atoms with van der Waals surface area (Å²) in [5.74, 6) is -0.0763. The summed E-state index contributed by atoms with van der Waals surface area (Å²) in [4.78, 5) is 27.2. The molecule has 6 nitrogen and oxygen atoms in total. The zero-order chi connectivity index (χ0) is 27.0. The molecule has 0 aliphatic carbocycles. The molecule has 1 aliphatic rings. The second kappa shape index (κ2) is 10.5. The Bertz CT molecular complexity index is 1490. The minimum atomic E-state index is -0.0400. The van der Waals surface area contributed by atoms with E-state index in [-0.39, 0.29) is 11.8 Å². The van der Waals surface area contributed by atoms with Gasteiger partial charge in [-0.2, -0.15) is 0 Å². The number of amides is 1. The van der Waals surface area contributed by atoms with Crippen molar-refractivity contribution in [2.24, 2.45) is 0 Å². The number of hydrogen-bond donors (Lipinski definition) is 2. The molecule has 2 heterocycles.